The Morgan fingerprint density at radius 2 is 1.65 bits per heavy atom. The lowest BCUT2D eigenvalue weighted by atomic mass is 9.81. The van der Waals surface area contributed by atoms with Gasteiger partial charge >= 0.3 is 0 Å². The van der Waals surface area contributed by atoms with E-state index in [4.69, 9.17) is 18.9 Å². The summed E-state index contributed by atoms with van der Waals surface area (Å²) in [6.07, 6.45) is 0. The molecule has 0 saturated heterocycles. The fourth-order valence-corrected chi connectivity index (χ4v) is 5.17. The molecule has 2 amide bonds. The fraction of sp³-hybridized carbons (Fsp3) is 0.280. The van der Waals surface area contributed by atoms with Gasteiger partial charge in [0.1, 0.15) is 11.5 Å². The molecule has 1 aliphatic heterocycles. The summed E-state index contributed by atoms with van der Waals surface area (Å²) < 4.78 is 21.6. The minimum Gasteiger partial charge on any atom is -0.497 e. The summed E-state index contributed by atoms with van der Waals surface area (Å²) in [5.74, 6) is 0.733. The molecule has 2 atom stereocenters. The van der Waals surface area contributed by atoms with Gasteiger partial charge in [-0.1, -0.05) is 6.07 Å². The first-order chi connectivity index (χ1) is 16.4. The van der Waals surface area contributed by atoms with Crippen molar-refractivity contribution in [2.24, 2.45) is 0 Å². The van der Waals surface area contributed by atoms with Crippen LogP contribution in [0.3, 0.4) is 0 Å². The van der Waals surface area contributed by atoms with Gasteiger partial charge in [-0.15, -0.1) is 11.3 Å². The number of carbonyl (C=O) groups excluding carboxylic acids is 2. The van der Waals surface area contributed by atoms with E-state index in [2.05, 4.69) is 5.32 Å². The van der Waals surface area contributed by atoms with Gasteiger partial charge < -0.3 is 29.2 Å². The van der Waals surface area contributed by atoms with Gasteiger partial charge in [-0.25, -0.2) is 0 Å². The quantitative estimate of drug-likeness (QED) is 0.540. The van der Waals surface area contributed by atoms with Crippen molar-refractivity contribution < 1.29 is 28.5 Å². The number of thiophene rings is 1. The van der Waals surface area contributed by atoms with Gasteiger partial charge in [-0.05, 0) is 41.3 Å². The average Bonchev–Trinajstić information content (AvgIpc) is 3.39. The number of ether oxygens (including phenoxy) is 4. The molecule has 0 aliphatic carbocycles. The molecule has 1 aromatic heterocycles. The average molecular weight is 483 g/mol. The normalized spacial score (nSPS) is 17.1. The molecule has 3 aromatic rings. The third-order valence-corrected chi connectivity index (χ3v) is 6.90. The van der Waals surface area contributed by atoms with Crippen LogP contribution < -0.4 is 24.3 Å². The van der Waals surface area contributed by atoms with E-state index in [1.807, 2.05) is 17.5 Å². The Morgan fingerprint density at radius 1 is 0.941 bits per heavy atom. The number of nitrogens with zero attached hydrogens (tertiary/aromatic N) is 1. The molecule has 0 bridgehead atoms. The number of anilines is 1. The third kappa shape index (κ3) is 4.03. The maximum Gasteiger partial charge on any atom is 0.254 e. The summed E-state index contributed by atoms with van der Waals surface area (Å²) in [5, 5.41) is 4.92. The van der Waals surface area contributed by atoms with Crippen molar-refractivity contribution in [3.63, 3.8) is 0 Å². The monoisotopic (exact) mass is 482 g/mol. The lowest BCUT2D eigenvalue weighted by Crippen LogP contribution is -2.43. The van der Waals surface area contributed by atoms with E-state index >= 15 is 0 Å². The maximum absolute atomic E-state index is 13.9. The first kappa shape index (κ1) is 23.4. The molecule has 2 heterocycles. The van der Waals surface area contributed by atoms with Crippen LogP contribution in [0.1, 0.15) is 32.8 Å². The highest BCUT2D eigenvalue weighted by Crippen LogP contribution is 2.47. The molecule has 0 fully saturated rings. The summed E-state index contributed by atoms with van der Waals surface area (Å²) in [6, 6.07) is 11.8. The molecule has 0 radical (unpaired) electrons. The zero-order valence-electron chi connectivity index (χ0n) is 19.6. The Hall–Kier alpha value is -3.72. The number of amides is 2. The summed E-state index contributed by atoms with van der Waals surface area (Å²) >= 11 is 1.49. The number of methoxy groups -OCH3 is 4. The van der Waals surface area contributed by atoms with Crippen LogP contribution in [-0.4, -0.2) is 52.2 Å². The highest BCUT2D eigenvalue weighted by Gasteiger charge is 2.44. The summed E-state index contributed by atoms with van der Waals surface area (Å²) in [7, 11) is 7.82. The second-order valence-electron chi connectivity index (χ2n) is 7.70. The molecular formula is C25H26N2O6S. The van der Waals surface area contributed by atoms with E-state index in [1.165, 1.54) is 32.7 Å². The van der Waals surface area contributed by atoms with Gasteiger partial charge in [-0.2, -0.15) is 0 Å². The van der Waals surface area contributed by atoms with Crippen LogP contribution in [-0.2, 0) is 4.79 Å². The summed E-state index contributed by atoms with van der Waals surface area (Å²) in [4.78, 5) is 29.8. The highest BCUT2D eigenvalue weighted by molar-refractivity contribution is 7.10. The Labute approximate surface area is 202 Å². The molecule has 0 saturated carbocycles. The molecule has 1 N–H and O–H groups in total. The van der Waals surface area contributed by atoms with Gasteiger partial charge in [0.25, 0.3) is 5.91 Å². The van der Waals surface area contributed by atoms with Gasteiger partial charge in [0, 0.05) is 23.6 Å². The van der Waals surface area contributed by atoms with E-state index in [0.29, 0.717) is 39.8 Å². The van der Waals surface area contributed by atoms with Crippen molar-refractivity contribution in [3.8, 4) is 23.0 Å². The number of rotatable bonds is 7. The maximum atomic E-state index is 13.9. The largest absolute Gasteiger partial charge is 0.497 e. The number of likely N-dealkylation sites (N-methyl/N-ethyl adjacent to an activating group) is 1. The van der Waals surface area contributed by atoms with Crippen molar-refractivity contribution >= 4 is 28.8 Å². The fourth-order valence-electron chi connectivity index (χ4n) is 4.27. The molecule has 4 rings (SSSR count). The van der Waals surface area contributed by atoms with E-state index < -0.39 is 12.0 Å². The van der Waals surface area contributed by atoms with Crippen LogP contribution in [0.25, 0.3) is 0 Å². The molecular weight excluding hydrogens is 456 g/mol. The second kappa shape index (κ2) is 9.64. The van der Waals surface area contributed by atoms with E-state index in [9.17, 15) is 9.59 Å². The number of carbonyl (C=O) groups is 2. The number of hydrogen-bond acceptors (Lipinski definition) is 7. The third-order valence-electron chi connectivity index (χ3n) is 5.96. The smallest absolute Gasteiger partial charge is 0.254 e. The zero-order valence-corrected chi connectivity index (χ0v) is 20.4. The predicted molar refractivity (Wildman–Crippen MR) is 130 cm³/mol. The number of hydrogen-bond donors (Lipinski definition) is 1. The minimum absolute atomic E-state index is 0.197. The summed E-state index contributed by atoms with van der Waals surface area (Å²) in [6.45, 7) is 0. The molecule has 9 heteroatoms. The van der Waals surface area contributed by atoms with Crippen molar-refractivity contribution in [2.75, 3.05) is 40.8 Å². The van der Waals surface area contributed by atoms with Crippen molar-refractivity contribution in [2.45, 2.75) is 12.0 Å². The van der Waals surface area contributed by atoms with Crippen molar-refractivity contribution in [1.29, 1.82) is 0 Å². The molecule has 8 nitrogen and oxygen atoms in total. The number of nitrogens with one attached hydrogen (secondary N) is 1. The van der Waals surface area contributed by atoms with Crippen LogP contribution in [0.15, 0.2) is 47.8 Å². The van der Waals surface area contributed by atoms with Gasteiger partial charge in [0.05, 0.1) is 46.1 Å². The van der Waals surface area contributed by atoms with E-state index in [0.717, 1.165) is 4.88 Å². The van der Waals surface area contributed by atoms with E-state index in [-0.39, 0.29) is 11.8 Å². The number of benzene rings is 2. The summed E-state index contributed by atoms with van der Waals surface area (Å²) in [5.41, 5.74) is 1.43. The van der Waals surface area contributed by atoms with Gasteiger partial charge in [-0.3, -0.25) is 9.59 Å². The topological polar surface area (TPSA) is 86.3 Å². The van der Waals surface area contributed by atoms with Crippen LogP contribution >= 0.6 is 11.3 Å². The van der Waals surface area contributed by atoms with E-state index in [1.54, 1.807) is 49.4 Å². The van der Waals surface area contributed by atoms with Crippen LogP contribution in [0.2, 0.25) is 0 Å². The lowest BCUT2D eigenvalue weighted by molar-refractivity contribution is -0.119. The molecule has 0 spiro atoms. The van der Waals surface area contributed by atoms with Gasteiger partial charge in [0.15, 0.2) is 11.5 Å². The highest BCUT2D eigenvalue weighted by atomic mass is 32.1. The van der Waals surface area contributed by atoms with Crippen LogP contribution in [0.5, 0.6) is 23.0 Å². The zero-order chi connectivity index (χ0) is 24.4. The van der Waals surface area contributed by atoms with Gasteiger partial charge in [0.2, 0.25) is 5.91 Å². The van der Waals surface area contributed by atoms with Crippen molar-refractivity contribution in [1.82, 2.24) is 4.90 Å². The molecule has 2 aromatic carbocycles. The Balaban J connectivity index is 1.86. The second-order valence-corrected chi connectivity index (χ2v) is 8.68. The molecule has 2 unspecified atom stereocenters. The first-order valence-electron chi connectivity index (χ1n) is 10.5. The predicted octanol–water partition coefficient (Wildman–Crippen LogP) is 4.33. The minimum atomic E-state index is -0.716. The SMILES string of the molecule is COc1ccc(OC)c(NC(=O)C2c3cc(OC)c(OC)cc3C(=O)N(C)C2c2cccs2)c1. The Morgan fingerprint density at radius 3 is 2.26 bits per heavy atom. The Kier molecular flexibility index (Phi) is 6.65. The van der Waals surface area contributed by atoms with Crippen molar-refractivity contribution in [3.05, 3.63) is 63.8 Å². The molecule has 178 valence electrons. The van der Waals surface area contributed by atoms with Crippen LogP contribution in [0, 0.1) is 0 Å². The Bertz CT molecular complexity index is 1210. The first-order valence-corrected chi connectivity index (χ1v) is 11.4. The molecule has 1 aliphatic rings. The lowest BCUT2D eigenvalue weighted by Gasteiger charge is -2.39. The molecule has 34 heavy (non-hydrogen) atoms. The van der Waals surface area contributed by atoms with Crippen LogP contribution in [0.4, 0.5) is 5.69 Å². The standard InChI is InChI=1S/C25H26N2O6S/c1-27-23(21-7-6-10-34-21)22(15-12-19(32-4)20(33-5)13-16(15)25(27)29)24(28)26-17-11-14(30-2)8-9-18(17)31-3/h6-13,22-23H,1-5H3,(H,26,28). The number of fused-ring (bicyclic) bond motifs is 1.